The molecule has 140 valence electrons. The van der Waals surface area contributed by atoms with Gasteiger partial charge in [0.2, 0.25) is 0 Å². The van der Waals surface area contributed by atoms with Crippen molar-refractivity contribution in [2.24, 2.45) is 7.05 Å². The molecule has 0 atom stereocenters. The van der Waals surface area contributed by atoms with Crippen molar-refractivity contribution >= 4 is 28.7 Å². The Kier molecular flexibility index (Phi) is 4.56. The number of ether oxygens (including phenoxy) is 1. The summed E-state index contributed by atoms with van der Waals surface area (Å²) < 4.78 is 7.11. The smallest absolute Gasteiger partial charge is 0.410 e. The second-order valence-corrected chi connectivity index (χ2v) is 7.59. The van der Waals surface area contributed by atoms with Crippen LogP contribution >= 0.6 is 0 Å². The van der Waals surface area contributed by atoms with Crippen LogP contribution in [-0.2, 0) is 11.8 Å². The van der Waals surface area contributed by atoms with Crippen molar-refractivity contribution < 1.29 is 19.4 Å². The van der Waals surface area contributed by atoms with E-state index in [1.807, 2.05) is 39.0 Å². The van der Waals surface area contributed by atoms with Crippen molar-refractivity contribution in [2.75, 3.05) is 31.1 Å². The molecule has 1 amide bonds. The molecule has 1 aromatic heterocycles. The summed E-state index contributed by atoms with van der Waals surface area (Å²) in [6.45, 7) is 8.21. The lowest BCUT2D eigenvalue weighted by molar-refractivity contribution is 0.0240. The van der Waals surface area contributed by atoms with Gasteiger partial charge in [-0.15, -0.1) is 0 Å². The average molecular weight is 359 g/mol. The molecule has 0 unspecified atom stereocenters. The summed E-state index contributed by atoms with van der Waals surface area (Å²) in [4.78, 5) is 27.4. The summed E-state index contributed by atoms with van der Waals surface area (Å²) in [7, 11) is 1.76. The van der Waals surface area contributed by atoms with E-state index in [9.17, 15) is 14.7 Å². The first-order chi connectivity index (χ1) is 12.2. The Morgan fingerprint density at radius 3 is 2.31 bits per heavy atom. The van der Waals surface area contributed by atoms with Gasteiger partial charge in [-0.3, -0.25) is 0 Å². The number of carbonyl (C=O) groups excluding carboxylic acids is 1. The first-order valence-electron chi connectivity index (χ1n) is 8.71. The van der Waals surface area contributed by atoms with Crippen LogP contribution in [0.1, 0.15) is 31.3 Å². The van der Waals surface area contributed by atoms with Crippen molar-refractivity contribution in [3.8, 4) is 0 Å². The maximum atomic E-state index is 12.2. The van der Waals surface area contributed by atoms with E-state index in [4.69, 9.17) is 4.74 Å². The molecule has 2 heterocycles. The number of fused-ring (bicyclic) bond motifs is 1. The standard InChI is InChI=1S/C19H25N3O4/c1-19(2,3)26-18(25)22-9-7-21(8-10-22)14-5-6-15-13(11-14)12-16(17(23)24)20(15)4/h5-6,11-12H,7-10H2,1-4H3,(H,23,24). The van der Waals surface area contributed by atoms with Crippen LogP contribution in [0.25, 0.3) is 10.9 Å². The van der Waals surface area contributed by atoms with Gasteiger partial charge >= 0.3 is 12.1 Å². The minimum atomic E-state index is -0.934. The number of aromatic carboxylic acids is 1. The Labute approximate surface area is 152 Å². The van der Waals surface area contributed by atoms with Gasteiger partial charge in [0, 0.05) is 49.8 Å². The maximum absolute atomic E-state index is 12.2. The summed E-state index contributed by atoms with van der Waals surface area (Å²) in [5, 5.41) is 10.2. The van der Waals surface area contributed by atoms with Gasteiger partial charge < -0.3 is 24.2 Å². The molecule has 1 aliphatic rings. The molecule has 1 fully saturated rings. The quantitative estimate of drug-likeness (QED) is 0.892. The number of rotatable bonds is 2. The van der Waals surface area contributed by atoms with Crippen molar-refractivity contribution in [1.29, 1.82) is 0 Å². The summed E-state index contributed by atoms with van der Waals surface area (Å²) in [6.07, 6.45) is -0.276. The van der Waals surface area contributed by atoms with Crippen LogP contribution in [0.2, 0.25) is 0 Å². The van der Waals surface area contributed by atoms with Gasteiger partial charge in [-0.1, -0.05) is 0 Å². The summed E-state index contributed by atoms with van der Waals surface area (Å²) in [5.41, 5.74) is 1.70. The molecular weight excluding hydrogens is 334 g/mol. The number of carboxylic acids is 1. The van der Waals surface area contributed by atoms with E-state index in [-0.39, 0.29) is 11.8 Å². The van der Waals surface area contributed by atoms with Gasteiger partial charge in [-0.05, 0) is 45.0 Å². The molecule has 7 nitrogen and oxygen atoms in total. The molecule has 0 radical (unpaired) electrons. The number of carbonyl (C=O) groups is 2. The van der Waals surface area contributed by atoms with Crippen molar-refractivity contribution in [1.82, 2.24) is 9.47 Å². The SMILES string of the molecule is Cn1c(C(=O)O)cc2cc(N3CCN(C(=O)OC(C)(C)C)CC3)ccc21. The predicted molar refractivity (Wildman–Crippen MR) is 99.9 cm³/mol. The highest BCUT2D eigenvalue weighted by atomic mass is 16.6. The van der Waals surface area contributed by atoms with Gasteiger partial charge in [-0.25, -0.2) is 9.59 Å². The fourth-order valence-corrected chi connectivity index (χ4v) is 3.21. The van der Waals surface area contributed by atoms with E-state index in [0.29, 0.717) is 26.2 Å². The van der Waals surface area contributed by atoms with Gasteiger partial charge in [0.05, 0.1) is 0 Å². The van der Waals surface area contributed by atoms with Crippen molar-refractivity contribution in [3.05, 3.63) is 30.0 Å². The number of nitrogens with zero attached hydrogens (tertiary/aromatic N) is 3. The predicted octanol–water partition coefficient (Wildman–Crippen LogP) is 2.93. The van der Waals surface area contributed by atoms with Gasteiger partial charge in [0.15, 0.2) is 0 Å². The lowest BCUT2D eigenvalue weighted by Crippen LogP contribution is -2.50. The van der Waals surface area contributed by atoms with Gasteiger partial charge in [0.25, 0.3) is 0 Å². The number of hydrogen-bond acceptors (Lipinski definition) is 4. The molecule has 1 saturated heterocycles. The Morgan fingerprint density at radius 1 is 1.08 bits per heavy atom. The fourth-order valence-electron chi connectivity index (χ4n) is 3.21. The zero-order valence-electron chi connectivity index (χ0n) is 15.7. The zero-order valence-corrected chi connectivity index (χ0v) is 15.7. The maximum Gasteiger partial charge on any atom is 0.410 e. The Bertz CT molecular complexity index is 842. The van der Waals surface area contributed by atoms with Crippen LogP contribution in [0, 0.1) is 0 Å². The number of hydrogen-bond donors (Lipinski definition) is 1. The fraction of sp³-hybridized carbons (Fsp3) is 0.474. The van der Waals surface area contributed by atoms with Gasteiger partial charge in [-0.2, -0.15) is 0 Å². The zero-order chi connectivity index (χ0) is 19.1. The van der Waals surface area contributed by atoms with E-state index in [1.165, 1.54) is 0 Å². The third-order valence-corrected chi connectivity index (χ3v) is 4.54. The molecule has 1 aromatic carbocycles. The molecule has 0 aliphatic carbocycles. The number of aromatic nitrogens is 1. The monoisotopic (exact) mass is 359 g/mol. The summed E-state index contributed by atoms with van der Waals surface area (Å²) in [6, 6.07) is 7.64. The van der Waals surface area contributed by atoms with E-state index < -0.39 is 11.6 Å². The molecule has 1 N–H and O–H groups in total. The number of aryl methyl sites for hydroxylation is 1. The number of amides is 1. The molecule has 7 heteroatoms. The second-order valence-electron chi connectivity index (χ2n) is 7.59. The summed E-state index contributed by atoms with van der Waals surface area (Å²) >= 11 is 0. The molecule has 0 spiro atoms. The van der Waals surface area contributed by atoms with Crippen LogP contribution in [0.5, 0.6) is 0 Å². The second kappa shape index (κ2) is 6.55. The molecule has 3 rings (SSSR count). The van der Waals surface area contributed by atoms with Crippen LogP contribution in [0.3, 0.4) is 0 Å². The van der Waals surface area contributed by atoms with Crippen LogP contribution in [0.4, 0.5) is 10.5 Å². The Morgan fingerprint density at radius 2 is 1.73 bits per heavy atom. The van der Waals surface area contributed by atoms with Crippen LogP contribution in [0.15, 0.2) is 24.3 Å². The minimum Gasteiger partial charge on any atom is -0.477 e. The van der Waals surface area contributed by atoms with Crippen LogP contribution < -0.4 is 4.90 Å². The average Bonchev–Trinajstić information content (AvgIpc) is 2.90. The third-order valence-electron chi connectivity index (χ3n) is 4.54. The molecular formula is C19H25N3O4. The van der Waals surface area contributed by atoms with Crippen LogP contribution in [-0.4, -0.2) is 58.4 Å². The first-order valence-corrected chi connectivity index (χ1v) is 8.71. The normalized spacial score (nSPS) is 15.4. The van der Waals surface area contributed by atoms with E-state index in [2.05, 4.69) is 4.90 Å². The molecule has 2 aromatic rings. The lowest BCUT2D eigenvalue weighted by Gasteiger charge is -2.36. The molecule has 26 heavy (non-hydrogen) atoms. The van der Waals surface area contributed by atoms with Gasteiger partial charge in [0.1, 0.15) is 11.3 Å². The highest BCUT2D eigenvalue weighted by Crippen LogP contribution is 2.26. The Balaban J connectivity index is 1.71. The third kappa shape index (κ3) is 3.61. The molecule has 0 bridgehead atoms. The van der Waals surface area contributed by atoms with E-state index in [1.54, 1.807) is 22.6 Å². The number of piperazine rings is 1. The number of carboxylic acid groups (broad SMARTS) is 1. The highest BCUT2D eigenvalue weighted by molar-refractivity contribution is 5.95. The first kappa shape index (κ1) is 18.1. The van der Waals surface area contributed by atoms with E-state index in [0.717, 1.165) is 16.6 Å². The molecule has 0 saturated carbocycles. The number of anilines is 1. The minimum absolute atomic E-state index is 0.270. The number of benzene rings is 1. The summed E-state index contributed by atoms with van der Waals surface area (Å²) in [5.74, 6) is -0.934. The topological polar surface area (TPSA) is 75.0 Å². The van der Waals surface area contributed by atoms with E-state index >= 15 is 0 Å². The highest BCUT2D eigenvalue weighted by Gasteiger charge is 2.26. The lowest BCUT2D eigenvalue weighted by atomic mass is 10.2. The van der Waals surface area contributed by atoms with Crippen molar-refractivity contribution in [2.45, 2.75) is 26.4 Å². The largest absolute Gasteiger partial charge is 0.477 e. The molecule has 1 aliphatic heterocycles. The van der Waals surface area contributed by atoms with Crippen molar-refractivity contribution in [3.63, 3.8) is 0 Å². The Hall–Kier alpha value is -2.70.